The molecular formula is C15H23N3O2. The van der Waals surface area contributed by atoms with E-state index in [1.807, 2.05) is 0 Å². The molecule has 0 radical (unpaired) electrons. The summed E-state index contributed by atoms with van der Waals surface area (Å²) in [6.07, 6.45) is 3.49. The van der Waals surface area contributed by atoms with E-state index in [4.69, 9.17) is 10.5 Å². The van der Waals surface area contributed by atoms with Crippen LogP contribution < -0.4 is 15.8 Å². The number of nitrogens with zero attached hydrogens (tertiary/aromatic N) is 1. The Kier molecular flexibility index (Phi) is 4.18. The first-order valence-corrected chi connectivity index (χ1v) is 6.88. The van der Waals surface area contributed by atoms with Gasteiger partial charge in [-0.15, -0.1) is 0 Å². The molecule has 0 aromatic heterocycles. The van der Waals surface area contributed by atoms with E-state index in [0.717, 1.165) is 12.8 Å². The molecule has 3 N–H and O–H groups in total. The lowest BCUT2D eigenvalue weighted by molar-refractivity contribution is 0.0557. The molecule has 2 rings (SSSR count). The highest BCUT2D eigenvalue weighted by Crippen LogP contribution is 2.35. The largest absolute Gasteiger partial charge is 0.495 e. The van der Waals surface area contributed by atoms with Crippen LogP contribution in [0.2, 0.25) is 0 Å². The quantitative estimate of drug-likeness (QED) is 0.800. The van der Waals surface area contributed by atoms with Crippen molar-refractivity contribution in [3.8, 4) is 5.75 Å². The molecule has 5 nitrogen and oxygen atoms in total. The third-order valence-corrected chi connectivity index (χ3v) is 4.31. The molecule has 1 aliphatic carbocycles. The molecule has 0 bridgehead atoms. The highest BCUT2D eigenvalue weighted by molar-refractivity contribution is 5.95. The Balaban J connectivity index is 2.02. The van der Waals surface area contributed by atoms with E-state index in [9.17, 15) is 4.79 Å². The Hall–Kier alpha value is -1.75. The van der Waals surface area contributed by atoms with Gasteiger partial charge in [0.1, 0.15) is 5.75 Å². The number of benzene rings is 1. The second-order valence-corrected chi connectivity index (χ2v) is 5.61. The smallest absolute Gasteiger partial charge is 0.251 e. The number of carbonyl (C=O) groups excluding carboxylic acids is 1. The van der Waals surface area contributed by atoms with Crippen LogP contribution >= 0.6 is 0 Å². The molecule has 0 saturated heterocycles. The number of methoxy groups -OCH3 is 1. The van der Waals surface area contributed by atoms with Crippen molar-refractivity contribution in [1.29, 1.82) is 0 Å². The van der Waals surface area contributed by atoms with Crippen LogP contribution in [0, 0.1) is 0 Å². The van der Waals surface area contributed by atoms with Crippen molar-refractivity contribution < 1.29 is 9.53 Å². The number of anilines is 1. The van der Waals surface area contributed by atoms with Crippen LogP contribution in [0.5, 0.6) is 5.75 Å². The van der Waals surface area contributed by atoms with Crippen molar-refractivity contribution in [3.05, 3.63) is 23.8 Å². The lowest BCUT2D eigenvalue weighted by atomic mass is 9.75. The standard InChI is InChI=1S/C15H23N3O2/c1-18(2)15(7-4-8-15)10-17-14(19)11-5-6-12(16)13(9-11)20-3/h5-6,9H,4,7-8,10,16H2,1-3H3,(H,17,19). The number of nitrogen functional groups attached to an aromatic ring is 1. The Morgan fingerprint density at radius 3 is 2.65 bits per heavy atom. The van der Waals surface area contributed by atoms with Crippen LogP contribution in [0.25, 0.3) is 0 Å². The fourth-order valence-electron chi connectivity index (χ4n) is 2.57. The van der Waals surface area contributed by atoms with Gasteiger partial charge in [-0.1, -0.05) is 0 Å². The molecule has 1 fully saturated rings. The maximum atomic E-state index is 12.2. The van der Waals surface area contributed by atoms with Gasteiger partial charge in [-0.25, -0.2) is 0 Å². The summed E-state index contributed by atoms with van der Waals surface area (Å²) in [5, 5.41) is 3.02. The summed E-state index contributed by atoms with van der Waals surface area (Å²) in [5.41, 5.74) is 6.98. The highest BCUT2D eigenvalue weighted by Gasteiger charge is 2.39. The summed E-state index contributed by atoms with van der Waals surface area (Å²) in [6, 6.07) is 5.09. The number of nitrogens with one attached hydrogen (secondary N) is 1. The predicted octanol–water partition coefficient (Wildman–Crippen LogP) is 1.49. The second-order valence-electron chi connectivity index (χ2n) is 5.61. The van der Waals surface area contributed by atoms with E-state index in [1.54, 1.807) is 25.3 Å². The fraction of sp³-hybridized carbons (Fsp3) is 0.533. The van der Waals surface area contributed by atoms with Crippen LogP contribution in [-0.4, -0.2) is 44.1 Å². The lowest BCUT2D eigenvalue weighted by Gasteiger charge is -2.47. The number of likely N-dealkylation sites (N-methyl/N-ethyl adjacent to an activating group) is 1. The number of nitrogens with two attached hydrogens (primary N) is 1. The first-order chi connectivity index (χ1) is 9.48. The molecule has 0 heterocycles. The van der Waals surface area contributed by atoms with E-state index < -0.39 is 0 Å². The average Bonchev–Trinajstić information content (AvgIpc) is 2.37. The van der Waals surface area contributed by atoms with Gasteiger partial charge in [-0.2, -0.15) is 0 Å². The monoisotopic (exact) mass is 277 g/mol. The minimum atomic E-state index is -0.0866. The van der Waals surface area contributed by atoms with E-state index >= 15 is 0 Å². The molecule has 20 heavy (non-hydrogen) atoms. The molecule has 0 spiro atoms. The first kappa shape index (κ1) is 14.7. The molecule has 110 valence electrons. The number of amides is 1. The zero-order chi connectivity index (χ0) is 14.8. The maximum absolute atomic E-state index is 12.2. The van der Waals surface area contributed by atoms with E-state index in [2.05, 4.69) is 24.3 Å². The van der Waals surface area contributed by atoms with Gasteiger partial charge in [-0.3, -0.25) is 4.79 Å². The number of hydrogen-bond donors (Lipinski definition) is 2. The molecule has 0 aliphatic heterocycles. The molecule has 1 amide bonds. The molecule has 0 atom stereocenters. The van der Waals surface area contributed by atoms with Crippen molar-refractivity contribution in [2.45, 2.75) is 24.8 Å². The summed E-state index contributed by atoms with van der Waals surface area (Å²) in [7, 11) is 5.68. The Morgan fingerprint density at radius 2 is 2.15 bits per heavy atom. The first-order valence-electron chi connectivity index (χ1n) is 6.88. The topological polar surface area (TPSA) is 67.6 Å². The van der Waals surface area contributed by atoms with Crippen LogP contribution in [-0.2, 0) is 0 Å². The van der Waals surface area contributed by atoms with Gasteiger partial charge >= 0.3 is 0 Å². The van der Waals surface area contributed by atoms with Gasteiger partial charge in [0.15, 0.2) is 0 Å². The van der Waals surface area contributed by atoms with Crippen molar-refractivity contribution in [2.75, 3.05) is 33.5 Å². The molecule has 5 heteroatoms. The summed E-state index contributed by atoms with van der Waals surface area (Å²) in [5.74, 6) is 0.444. The van der Waals surface area contributed by atoms with Crippen LogP contribution in [0.4, 0.5) is 5.69 Å². The van der Waals surface area contributed by atoms with Crippen molar-refractivity contribution in [3.63, 3.8) is 0 Å². The summed E-state index contributed by atoms with van der Waals surface area (Å²) in [4.78, 5) is 14.4. The van der Waals surface area contributed by atoms with Gasteiger partial charge < -0.3 is 20.7 Å². The van der Waals surface area contributed by atoms with Crippen LogP contribution in [0.15, 0.2) is 18.2 Å². The number of ether oxygens (including phenoxy) is 1. The van der Waals surface area contributed by atoms with Crippen molar-refractivity contribution in [2.24, 2.45) is 0 Å². The second kappa shape index (κ2) is 5.71. The molecule has 1 aliphatic rings. The third-order valence-electron chi connectivity index (χ3n) is 4.31. The summed E-state index contributed by atoms with van der Waals surface area (Å²) < 4.78 is 5.14. The Bertz CT molecular complexity index is 496. The molecule has 1 saturated carbocycles. The highest BCUT2D eigenvalue weighted by atomic mass is 16.5. The summed E-state index contributed by atoms with van der Waals surface area (Å²) >= 11 is 0. The molecular weight excluding hydrogens is 254 g/mol. The normalized spacial score (nSPS) is 16.6. The zero-order valence-electron chi connectivity index (χ0n) is 12.4. The minimum Gasteiger partial charge on any atom is -0.495 e. The Morgan fingerprint density at radius 1 is 1.45 bits per heavy atom. The van der Waals surface area contributed by atoms with Gasteiger partial charge in [0, 0.05) is 17.6 Å². The Labute approximate surface area is 120 Å². The van der Waals surface area contributed by atoms with Gasteiger partial charge in [-0.05, 0) is 51.6 Å². The van der Waals surface area contributed by atoms with Crippen molar-refractivity contribution in [1.82, 2.24) is 10.2 Å². The number of hydrogen-bond acceptors (Lipinski definition) is 4. The number of carbonyl (C=O) groups is 1. The lowest BCUT2D eigenvalue weighted by Crippen LogP contribution is -2.57. The molecule has 0 unspecified atom stereocenters. The van der Waals surface area contributed by atoms with Gasteiger partial charge in [0.2, 0.25) is 0 Å². The predicted molar refractivity (Wildman–Crippen MR) is 80.0 cm³/mol. The van der Waals surface area contributed by atoms with Gasteiger partial charge in [0.25, 0.3) is 5.91 Å². The average molecular weight is 277 g/mol. The maximum Gasteiger partial charge on any atom is 0.251 e. The minimum absolute atomic E-state index is 0.0866. The van der Waals surface area contributed by atoms with Crippen LogP contribution in [0.3, 0.4) is 0 Å². The molecule has 1 aromatic rings. The number of rotatable bonds is 5. The van der Waals surface area contributed by atoms with Gasteiger partial charge in [0.05, 0.1) is 12.8 Å². The third kappa shape index (κ3) is 2.72. The molecule has 1 aromatic carbocycles. The van der Waals surface area contributed by atoms with E-state index in [0.29, 0.717) is 23.5 Å². The van der Waals surface area contributed by atoms with Crippen molar-refractivity contribution >= 4 is 11.6 Å². The van der Waals surface area contributed by atoms with E-state index in [1.165, 1.54) is 6.42 Å². The van der Waals surface area contributed by atoms with Crippen LogP contribution in [0.1, 0.15) is 29.6 Å². The van der Waals surface area contributed by atoms with E-state index in [-0.39, 0.29) is 11.4 Å². The SMILES string of the molecule is COc1cc(C(=O)NCC2(N(C)C)CCC2)ccc1N. The zero-order valence-corrected chi connectivity index (χ0v) is 12.4. The fourth-order valence-corrected chi connectivity index (χ4v) is 2.57. The summed E-state index contributed by atoms with van der Waals surface area (Å²) in [6.45, 7) is 0.672.